The van der Waals surface area contributed by atoms with E-state index in [0.29, 0.717) is 11.4 Å². The number of pyridine rings is 1. The van der Waals surface area contributed by atoms with Gasteiger partial charge in [-0.1, -0.05) is 6.07 Å². The van der Waals surface area contributed by atoms with E-state index >= 15 is 0 Å². The predicted octanol–water partition coefficient (Wildman–Crippen LogP) is 2.39. The molecule has 3 aromatic rings. The third kappa shape index (κ3) is 3.38. The molecule has 0 aliphatic heterocycles. The summed E-state index contributed by atoms with van der Waals surface area (Å²) in [6.45, 7) is 0.827. The van der Waals surface area contributed by atoms with Gasteiger partial charge in [0.05, 0.1) is 12.0 Å². The van der Waals surface area contributed by atoms with Crippen molar-refractivity contribution in [2.24, 2.45) is 0 Å². The van der Waals surface area contributed by atoms with Crippen molar-refractivity contribution in [2.45, 2.75) is 11.3 Å². The maximum atomic E-state index is 13.1. The third-order valence-corrected chi connectivity index (χ3v) is 5.69. The van der Waals surface area contributed by atoms with Gasteiger partial charge < -0.3 is 9.64 Å². The molecule has 0 radical (unpaired) electrons. The zero-order valence-electron chi connectivity index (χ0n) is 14.5. The van der Waals surface area contributed by atoms with Crippen molar-refractivity contribution < 1.29 is 13.2 Å². The molecule has 3 rings (SSSR count). The van der Waals surface area contributed by atoms with Gasteiger partial charge in [-0.2, -0.15) is 0 Å². The molecule has 0 spiro atoms. The Balaban J connectivity index is 2.14. The summed E-state index contributed by atoms with van der Waals surface area (Å²) >= 11 is 0. The Morgan fingerprint density at radius 2 is 2.00 bits per heavy atom. The highest BCUT2D eigenvalue weighted by atomic mass is 32.2. The van der Waals surface area contributed by atoms with Crippen LogP contribution >= 0.6 is 0 Å². The SMILES string of the molecule is COc1cccc(S(=O)(=O)n2cc(CCN(C)C)c3cccnc32)c1. The molecule has 2 aromatic heterocycles. The molecule has 0 aliphatic rings. The predicted molar refractivity (Wildman–Crippen MR) is 97.6 cm³/mol. The largest absolute Gasteiger partial charge is 0.497 e. The quantitative estimate of drug-likeness (QED) is 0.676. The Morgan fingerprint density at radius 3 is 2.72 bits per heavy atom. The monoisotopic (exact) mass is 359 g/mol. The van der Waals surface area contributed by atoms with Crippen LogP contribution < -0.4 is 4.74 Å². The zero-order chi connectivity index (χ0) is 18.0. The fraction of sp³-hybridized carbons (Fsp3) is 0.278. The zero-order valence-corrected chi connectivity index (χ0v) is 15.3. The van der Waals surface area contributed by atoms with E-state index in [1.54, 1.807) is 30.6 Å². The Bertz CT molecular complexity index is 994. The fourth-order valence-corrected chi connectivity index (χ4v) is 4.08. The molecule has 7 heteroatoms. The van der Waals surface area contributed by atoms with E-state index in [1.165, 1.54) is 17.1 Å². The van der Waals surface area contributed by atoms with Crippen LogP contribution in [0.4, 0.5) is 0 Å². The van der Waals surface area contributed by atoms with Gasteiger partial charge in [0.1, 0.15) is 5.75 Å². The Hall–Kier alpha value is -2.38. The minimum Gasteiger partial charge on any atom is -0.497 e. The summed E-state index contributed by atoms with van der Waals surface area (Å²) in [5.41, 5.74) is 1.40. The van der Waals surface area contributed by atoms with Gasteiger partial charge in [-0.05, 0) is 50.3 Å². The van der Waals surface area contributed by atoms with Gasteiger partial charge in [0.2, 0.25) is 0 Å². The second kappa shape index (κ2) is 6.85. The van der Waals surface area contributed by atoms with Crippen LogP contribution in [0.5, 0.6) is 5.75 Å². The first-order chi connectivity index (χ1) is 11.9. The number of hydrogen-bond acceptors (Lipinski definition) is 5. The lowest BCUT2D eigenvalue weighted by Crippen LogP contribution is -2.15. The lowest BCUT2D eigenvalue weighted by molar-refractivity contribution is 0.413. The number of methoxy groups -OCH3 is 1. The molecule has 0 unspecified atom stereocenters. The van der Waals surface area contributed by atoms with Gasteiger partial charge in [-0.3, -0.25) is 0 Å². The maximum Gasteiger partial charge on any atom is 0.269 e. The highest BCUT2D eigenvalue weighted by Crippen LogP contribution is 2.26. The van der Waals surface area contributed by atoms with Crippen LogP contribution in [0.3, 0.4) is 0 Å². The average Bonchev–Trinajstić information content (AvgIpc) is 2.99. The standard InChI is InChI=1S/C18H21N3O3S/c1-20(2)11-9-14-13-21(18-17(14)8-5-10-19-18)25(22,23)16-7-4-6-15(12-16)24-3/h4-8,10,12-13H,9,11H2,1-3H3. The van der Waals surface area contributed by atoms with Gasteiger partial charge in [-0.15, -0.1) is 0 Å². The highest BCUT2D eigenvalue weighted by molar-refractivity contribution is 7.90. The molecule has 0 bridgehead atoms. The van der Waals surface area contributed by atoms with Crippen LogP contribution in [-0.2, 0) is 16.4 Å². The van der Waals surface area contributed by atoms with E-state index in [9.17, 15) is 8.42 Å². The van der Waals surface area contributed by atoms with Crippen molar-refractivity contribution in [2.75, 3.05) is 27.7 Å². The molecule has 2 heterocycles. The summed E-state index contributed by atoms with van der Waals surface area (Å²) in [7, 11) is 1.74. The molecule has 0 aliphatic carbocycles. The first-order valence-corrected chi connectivity index (χ1v) is 9.37. The second-order valence-corrected chi connectivity index (χ2v) is 7.88. The molecular weight excluding hydrogens is 338 g/mol. The van der Waals surface area contributed by atoms with Gasteiger partial charge in [0.25, 0.3) is 10.0 Å². The van der Waals surface area contributed by atoms with Crippen LogP contribution in [-0.4, -0.2) is 50.0 Å². The van der Waals surface area contributed by atoms with Crippen molar-refractivity contribution in [1.82, 2.24) is 13.9 Å². The Kier molecular flexibility index (Phi) is 4.78. The lowest BCUT2D eigenvalue weighted by Gasteiger charge is -2.08. The van der Waals surface area contributed by atoms with Crippen molar-refractivity contribution in [3.63, 3.8) is 0 Å². The summed E-state index contributed by atoms with van der Waals surface area (Å²) in [4.78, 5) is 6.54. The molecular formula is C18H21N3O3S. The lowest BCUT2D eigenvalue weighted by atomic mass is 10.1. The van der Waals surface area contributed by atoms with Crippen molar-refractivity contribution in [3.05, 3.63) is 54.4 Å². The molecule has 25 heavy (non-hydrogen) atoms. The normalized spacial score (nSPS) is 12.0. The van der Waals surface area contributed by atoms with Gasteiger partial charge >= 0.3 is 0 Å². The molecule has 6 nitrogen and oxygen atoms in total. The van der Waals surface area contributed by atoms with Gasteiger partial charge in [0.15, 0.2) is 5.65 Å². The van der Waals surface area contributed by atoms with Gasteiger partial charge in [0, 0.05) is 30.4 Å². The summed E-state index contributed by atoms with van der Waals surface area (Å²) in [6, 6.07) is 10.2. The minimum atomic E-state index is -3.76. The average molecular weight is 359 g/mol. The van der Waals surface area contributed by atoms with Crippen LogP contribution in [0.25, 0.3) is 11.0 Å². The van der Waals surface area contributed by atoms with Crippen molar-refractivity contribution >= 4 is 21.1 Å². The first-order valence-electron chi connectivity index (χ1n) is 7.93. The molecule has 0 fully saturated rings. The maximum absolute atomic E-state index is 13.1. The number of rotatable bonds is 6. The summed E-state index contributed by atoms with van der Waals surface area (Å²) in [5.74, 6) is 0.498. The number of likely N-dealkylation sites (N-methyl/N-ethyl adjacent to an activating group) is 1. The highest BCUT2D eigenvalue weighted by Gasteiger charge is 2.22. The van der Waals surface area contributed by atoms with Crippen LogP contribution in [0.15, 0.2) is 53.7 Å². The summed E-state index contributed by atoms with van der Waals surface area (Å²) in [5, 5.41) is 0.857. The first kappa shape index (κ1) is 17.4. The molecule has 0 saturated heterocycles. The number of hydrogen-bond donors (Lipinski definition) is 0. The topological polar surface area (TPSA) is 64.4 Å². The molecule has 1 aromatic carbocycles. The van der Waals surface area contributed by atoms with Crippen LogP contribution in [0.1, 0.15) is 5.56 Å². The van der Waals surface area contributed by atoms with Crippen molar-refractivity contribution in [3.8, 4) is 5.75 Å². The van der Waals surface area contributed by atoms with E-state index in [0.717, 1.165) is 23.9 Å². The van der Waals surface area contributed by atoms with E-state index in [2.05, 4.69) is 9.88 Å². The summed E-state index contributed by atoms with van der Waals surface area (Å²) in [6.07, 6.45) is 4.03. The van der Waals surface area contributed by atoms with Crippen LogP contribution in [0.2, 0.25) is 0 Å². The molecule has 132 valence electrons. The second-order valence-electron chi connectivity index (χ2n) is 6.06. The van der Waals surface area contributed by atoms with E-state index in [1.807, 2.05) is 26.2 Å². The Labute approximate surface area is 147 Å². The van der Waals surface area contributed by atoms with Crippen LogP contribution in [0, 0.1) is 0 Å². The van der Waals surface area contributed by atoms with Gasteiger partial charge in [-0.25, -0.2) is 17.4 Å². The number of benzene rings is 1. The van der Waals surface area contributed by atoms with Crippen molar-refractivity contribution in [1.29, 1.82) is 0 Å². The molecule has 0 N–H and O–H groups in total. The Morgan fingerprint density at radius 1 is 1.20 bits per heavy atom. The number of ether oxygens (including phenoxy) is 1. The number of fused-ring (bicyclic) bond motifs is 1. The molecule has 0 atom stereocenters. The van der Waals surface area contributed by atoms with E-state index in [-0.39, 0.29) is 4.90 Å². The minimum absolute atomic E-state index is 0.175. The number of aromatic nitrogens is 2. The number of nitrogens with zero attached hydrogens (tertiary/aromatic N) is 3. The fourth-order valence-electron chi connectivity index (χ4n) is 2.70. The molecule has 0 saturated carbocycles. The van der Waals surface area contributed by atoms with E-state index < -0.39 is 10.0 Å². The third-order valence-electron chi connectivity index (χ3n) is 4.04. The molecule has 0 amide bonds. The van der Waals surface area contributed by atoms with E-state index in [4.69, 9.17) is 4.74 Å². The smallest absolute Gasteiger partial charge is 0.269 e. The summed E-state index contributed by atoms with van der Waals surface area (Å²) < 4.78 is 32.7.